The van der Waals surface area contributed by atoms with Gasteiger partial charge >= 0.3 is 0 Å². The van der Waals surface area contributed by atoms with Crippen LogP contribution in [0.5, 0.6) is 5.75 Å². The fourth-order valence-corrected chi connectivity index (χ4v) is 4.13. The molecule has 0 atom stereocenters. The molecule has 0 radical (unpaired) electrons. The van der Waals surface area contributed by atoms with Crippen molar-refractivity contribution in [2.75, 3.05) is 7.11 Å². The smallest absolute Gasteiger partial charge is 0.256 e. The van der Waals surface area contributed by atoms with Crippen molar-refractivity contribution >= 4 is 44.0 Å². The Kier molecular flexibility index (Phi) is 3.44. The molecule has 8 nitrogen and oxygen atoms in total. The highest BCUT2D eigenvalue weighted by molar-refractivity contribution is 6.15. The quantitative estimate of drug-likeness (QED) is 0.398. The van der Waals surface area contributed by atoms with Crippen LogP contribution in [0, 0.1) is 6.92 Å². The van der Waals surface area contributed by atoms with Crippen LogP contribution >= 0.6 is 0 Å². The molecule has 2 aromatic carbocycles. The molecule has 4 heterocycles. The van der Waals surface area contributed by atoms with Crippen LogP contribution in [-0.4, -0.2) is 27.3 Å². The minimum absolute atomic E-state index is 0.109. The summed E-state index contributed by atoms with van der Waals surface area (Å²) in [4.78, 5) is 32.9. The molecule has 3 N–H and O–H groups in total. The van der Waals surface area contributed by atoms with Crippen molar-refractivity contribution in [3.05, 3.63) is 68.7 Å². The summed E-state index contributed by atoms with van der Waals surface area (Å²) < 4.78 is 11.5. The second kappa shape index (κ2) is 6.09. The van der Waals surface area contributed by atoms with Crippen LogP contribution in [0.1, 0.15) is 5.56 Å². The number of nitrogens with one attached hydrogen (secondary N) is 3. The van der Waals surface area contributed by atoms with E-state index in [1.54, 1.807) is 32.4 Å². The minimum atomic E-state index is -0.255. The number of rotatable bonds is 2. The molecule has 0 spiro atoms. The lowest BCUT2D eigenvalue weighted by Crippen LogP contribution is -2.09. The molecule has 0 amide bonds. The van der Waals surface area contributed by atoms with E-state index in [4.69, 9.17) is 9.15 Å². The highest BCUT2D eigenvalue weighted by Gasteiger charge is 2.22. The van der Waals surface area contributed by atoms with Crippen LogP contribution in [0.2, 0.25) is 0 Å². The summed E-state index contributed by atoms with van der Waals surface area (Å²) in [5.74, 6) is 0.688. The van der Waals surface area contributed by atoms with Gasteiger partial charge in [0.25, 0.3) is 5.56 Å². The SMILES string of the molecule is COc1ccc2[nH]c(=O)c(-c3c4c[nH][nH]c4nc4c3oc3c(C)c(=O)ccc34)cc2c1. The van der Waals surface area contributed by atoms with E-state index in [0.29, 0.717) is 55.7 Å². The van der Waals surface area contributed by atoms with E-state index >= 15 is 0 Å². The summed E-state index contributed by atoms with van der Waals surface area (Å²) in [6.07, 6.45) is 1.74. The van der Waals surface area contributed by atoms with Crippen LogP contribution < -0.4 is 15.7 Å². The fourth-order valence-electron chi connectivity index (χ4n) is 4.13. The van der Waals surface area contributed by atoms with Crippen LogP contribution in [-0.2, 0) is 0 Å². The Morgan fingerprint density at radius 1 is 1.03 bits per heavy atom. The lowest BCUT2D eigenvalue weighted by Gasteiger charge is -2.07. The first-order valence-electron chi connectivity index (χ1n) is 9.68. The third kappa shape index (κ3) is 2.38. The average Bonchev–Trinajstić information content (AvgIpc) is 3.39. The summed E-state index contributed by atoms with van der Waals surface area (Å²) in [6.45, 7) is 1.72. The Hall–Kier alpha value is -4.33. The summed E-state index contributed by atoms with van der Waals surface area (Å²) in [7, 11) is 1.60. The molecule has 31 heavy (non-hydrogen) atoms. The molecule has 8 heteroatoms. The van der Waals surface area contributed by atoms with Gasteiger partial charge in [-0.1, -0.05) is 0 Å². The summed E-state index contributed by atoms with van der Waals surface area (Å²) >= 11 is 0. The van der Waals surface area contributed by atoms with Crippen LogP contribution in [0.4, 0.5) is 0 Å². The van der Waals surface area contributed by atoms with Gasteiger partial charge in [0.15, 0.2) is 16.7 Å². The first kappa shape index (κ1) is 17.5. The van der Waals surface area contributed by atoms with Crippen LogP contribution in [0.3, 0.4) is 0 Å². The van der Waals surface area contributed by atoms with Gasteiger partial charge in [0.05, 0.1) is 12.7 Å². The van der Waals surface area contributed by atoms with Gasteiger partial charge in [0, 0.05) is 39.0 Å². The van der Waals surface area contributed by atoms with E-state index in [2.05, 4.69) is 20.2 Å². The van der Waals surface area contributed by atoms with E-state index in [0.717, 1.165) is 10.8 Å². The van der Waals surface area contributed by atoms with Crippen LogP contribution in [0.15, 0.2) is 56.6 Å². The maximum atomic E-state index is 13.1. The van der Waals surface area contributed by atoms with E-state index in [9.17, 15) is 9.59 Å². The predicted octanol–water partition coefficient (Wildman–Crippen LogP) is 3.98. The third-order valence-electron chi connectivity index (χ3n) is 5.73. The van der Waals surface area contributed by atoms with E-state index in [1.165, 1.54) is 6.07 Å². The third-order valence-corrected chi connectivity index (χ3v) is 5.73. The lowest BCUT2D eigenvalue weighted by molar-refractivity contribution is 0.415. The molecule has 152 valence electrons. The molecule has 6 rings (SSSR count). The van der Waals surface area contributed by atoms with Crippen molar-refractivity contribution < 1.29 is 9.15 Å². The largest absolute Gasteiger partial charge is 0.497 e. The fraction of sp³-hybridized carbons (Fsp3) is 0.0870. The van der Waals surface area contributed by atoms with Gasteiger partial charge < -0.3 is 19.2 Å². The standard InChI is InChI=1S/C23H16N4O4/c1-10-17(28)6-4-13-19-21(31-20(10)13)18(15-9-24-27-22(15)26-19)14-8-11-7-12(30-2)3-5-16(11)25-23(14)29/h3-9H,1-2H3,(H,25,29)(H2,24,26,27). The first-order chi connectivity index (χ1) is 15.0. The number of benzene rings is 2. The molecule has 0 saturated carbocycles. The number of aryl methyl sites for hydroxylation is 1. The zero-order valence-electron chi connectivity index (χ0n) is 16.6. The number of pyridine rings is 2. The number of aromatic amines is 3. The van der Waals surface area contributed by atoms with Crippen molar-refractivity contribution in [2.45, 2.75) is 6.92 Å². The molecule has 0 aliphatic carbocycles. The monoisotopic (exact) mass is 412 g/mol. The normalized spacial score (nSPS) is 11.8. The Labute approximate surface area is 173 Å². The number of methoxy groups -OCH3 is 1. The second-order valence-electron chi connectivity index (χ2n) is 7.47. The molecule has 0 fully saturated rings. The number of furan rings is 1. The van der Waals surface area contributed by atoms with E-state index in [1.807, 2.05) is 18.2 Å². The Morgan fingerprint density at radius 3 is 2.74 bits per heavy atom. The van der Waals surface area contributed by atoms with Crippen LogP contribution in [0.25, 0.3) is 55.1 Å². The number of H-pyrrole nitrogens is 3. The maximum Gasteiger partial charge on any atom is 0.256 e. The molecule has 0 saturated heterocycles. The topological polar surface area (TPSA) is 117 Å². The molecular weight excluding hydrogens is 396 g/mol. The average molecular weight is 412 g/mol. The van der Waals surface area contributed by atoms with E-state index in [-0.39, 0.29) is 11.0 Å². The van der Waals surface area contributed by atoms with Crippen molar-refractivity contribution in [1.29, 1.82) is 0 Å². The molecule has 0 unspecified atom stereocenters. The van der Waals surface area contributed by atoms with Gasteiger partial charge in [-0.25, -0.2) is 4.98 Å². The lowest BCUT2D eigenvalue weighted by atomic mass is 10.0. The molecular formula is C23H16N4O4. The van der Waals surface area contributed by atoms with Gasteiger partial charge in [-0.05, 0) is 43.3 Å². The van der Waals surface area contributed by atoms with Crippen molar-refractivity contribution in [3.8, 4) is 16.9 Å². The predicted molar refractivity (Wildman–Crippen MR) is 119 cm³/mol. The van der Waals surface area contributed by atoms with Gasteiger partial charge in [-0.15, -0.1) is 0 Å². The van der Waals surface area contributed by atoms with Crippen molar-refractivity contribution in [3.63, 3.8) is 0 Å². The van der Waals surface area contributed by atoms with Gasteiger partial charge in [-0.3, -0.25) is 14.7 Å². The van der Waals surface area contributed by atoms with Crippen molar-refractivity contribution in [1.82, 2.24) is 20.2 Å². The number of fused-ring (bicyclic) bond motifs is 5. The maximum absolute atomic E-state index is 13.1. The number of hydrogen-bond acceptors (Lipinski definition) is 5. The molecule has 6 aromatic rings. The highest BCUT2D eigenvalue weighted by Crippen LogP contribution is 2.38. The molecule has 4 aromatic heterocycles. The number of ether oxygens (including phenoxy) is 1. The number of hydrogen-bond donors (Lipinski definition) is 3. The van der Waals surface area contributed by atoms with Crippen molar-refractivity contribution in [2.24, 2.45) is 0 Å². The summed E-state index contributed by atoms with van der Waals surface area (Å²) in [5, 5.41) is 8.20. The number of nitrogens with zero attached hydrogens (tertiary/aromatic N) is 1. The van der Waals surface area contributed by atoms with E-state index < -0.39 is 0 Å². The first-order valence-corrected chi connectivity index (χ1v) is 9.68. The highest BCUT2D eigenvalue weighted by atomic mass is 16.5. The molecule has 0 bridgehead atoms. The Bertz CT molecular complexity index is 1790. The second-order valence-corrected chi connectivity index (χ2v) is 7.47. The zero-order chi connectivity index (χ0) is 21.3. The van der Waals surface area contributed by atoms with Gasteiger partial charge in [0.1, 0.15) is 16.8 Å². The van der Waals surface area contributed by atoms with Gasteiger partial charge in [-0.2, -0.15) is 0 Å². The minimum Gasteiger partial charge on any atom is -0.497 e. The Balaban J connectivity index is 1.80. The number of aromatic nitrogens is 4. The zero-order valence-corrected chi connectivity index (χ0v) is 16.6. The summed E-state index contributed by atoms with van der Waals surface area (Å²) in [6, 6.07) is 10.5. The molecule has 0 aliphatic heterocycles. The summed E-state index contributed by atoms with van der Waals surface area (Å²) in [5.41, 5.74) is 3.99. The molecule has 0 aliphatic rings. The van der Waals surface area contributed by atoms with Gasteiger partial charge in [0.2, 0.25) is 0 Å². The Morgan fingerprint density at radius 2 is 1.90 bits per heavy atom.